The number of hydrogen-bond donors (Lipinski definition) is 1. The summed E-state index contributed by atoms with van der Waals surface area (Å²) < 4.78 is 13.2. The molecule has 152 valence electrons. The number of thiophene rings is 1. The number of carbonyl (C=O) groups is 1. The Hall–Kier alpha value is -1.92. The summed E-state index contributed by atoms with van der Waals surface area (Å²) in [4.78, 5) is 18.4. The van der Waals surface area contributed by atoms with Crippen LogP contribution in [-0.2, 0) is 4.79 Å². The highest BCUT2D eigenvalue weighted by molar-refractivity contribution is 7.10. The zero-order chi connectivity index (χ0) is 20.1. The predicted molar refractivity (Wildman–Crippen MR) is 114 cm³/mol. The molecule has 2 heterocycles. The molecule has 2 atom stereocenters. The molecule has 1 aliphatic rings. The van der Waals surface area contributed by atoms with Crippen LogP contribution in [0.15, 0.2) is 41.8 Å². The number of anilines is 1. The molecule has 0 radical (unpaired) electrons. The van der Waals surface area contributed by atoms with Gasteiger partial charge in [-0.25, -0.2) is 4.39 Å². The molecule has 0 unspecified atom stereocenters. The monoisotopic (exact) mass is 403 g/mol. The van der Waals surface area contributed by atoms with Gasteiger partial charge in [-0.2, -0.15) is 0 Å². The molecule has 1 N–H and O–H groups in total. The van der Waals surface area contributed by atoms with Crippen molar-refractivity contribution >= 4 is 22.9 Å². The maximum absolute atomic E-state index is 13.2. The van der Waals surface area contributed by atoms with Crippen LogP contribution in [0.25, 0.3) is 0 Å². The molecule has 1 aliphatic heterocycles. The van der Waals surface area contributed by atoms with E-state index in [0.29, 0.717) is 12.3 Å². The van der Waals surface area contributed by atoms with Crippen molar-refractivity contribution in [2.45, 2.75) is 39.3 Å². The van der Waals surface area contributed by atoms with Crippen LogP contribution >= 0.6 is 11.3 Å². The number of amides is 1. The van der Waals surface area contributed by atoms with E-state index in [1.165, 1.54) is 17.0 Å². The minimum atomic E-state index is -0.203. The summed E-state index contributed by atoms with van der Waals surface area (Å²) in [7, 11) is 0. The van der Waals surface area contributed by atoms with Gasteiger partial charge < -0.3 is 10.2 Å². The third-order valence-electron chi connectivity index (χ3n) is 5.19. The lowest BCUT2D eigenvalue weighted by Gasteiger charge is -2.42. The number of benzene rings is 1. The fourth-order valence-electron chi connectivity index (χ4n) is 3.87. The van der Waals surface area contributed by atoms with Crippen LogP contribution in [0.5, 0.6) is 0 Å². The molecule has 0 aliphatic carbocycles. The van der Waals surface area contributed by atoms with E-state index >= 15 is 0 Å². The number of carbonyl (C=O) groups excluding carboxylic acids is 1. The Morgan fingerprint density at radius 3 is 2.36 bits per heavy atom. The van der Waals surface area contributed by atoms with Crippen molar-refractivity contribution in [3.8, 4) is 0 Å². The average molecular weight is 404 g/mol. The maximum atomic E-state index is 13.2. The first-order valence-electron chi connectivity index (χ1n) is 10.0. The number of hydrogen-bond acceptors (Lipinski definition) is 4. The Balaban J connectivity index is 1.66. The normalized spacial score (nSPS) is 17.5. The summed E-state index contributed by atoms with van der Waals surface area (Å²) >= 11 is 1.74. The molecular weight excluding hydrogens is 373 g/mol. The topological polar surface area (TPSA) is 35.6 Å². The lowest BCUT2D eigenvalue weighted by molar-refractivity contribution is -0.122. The third-order valence-corrected chi connectivity index (χ3v) is 6.13. The summed E-state index contributed by atoms with van der Waals surface area (Å²) in [5, 5.41) is 5.31. The largest absolute Gasteiger partial charge is 0.369 e. The van der Waals surface area contributed by atoms with E-state index in [1.807, 2.05) is 12.1 Å². The Morgan fingerprint density at radius 2 is 1.79 bits per heavy atom. The lowest BCUT2D eigenvalue weighted by atomic mass is 10.0. The molecular formula is C22H30FN3OS. The van der Waals surface area contributed by atoms with Gasteiger partial charge in [-0.05, 0) is 48.6 Å². The van der Waals surface area contributed by atoms with E-state index in [-0.39, 0.29) is 23.8 Å². The van der Waals surface area contributed by atoms with Gasteiger partial charge >= 0.3 is 0 Å². The molecule has 0 saturated carbocycles. The number of halogens is 1. The number of nitrogens with zero attached hydrogens (tertiary/aromatic N) is 2. The first-order valence-corrected chi connectivity index (χ1v) is 10.9. The van der Waals surface area contributed by atoms with Crippen molar-refractivity contribution < 1.29 is 9.18 Å². The summed E-state index contributed by atoms with van der Waals surface area (Å²) in [6.07, 6.45) is 0.555. The van der Waals surface area contributed by atoms with Crippen molar-refractivity contribution in [2.75, 3.05) is 31.1 Å². The fourth-order valence-corrected chi connectivity index (χ4v) is 4.84. The van der Waals surface area contributed by atoms with Gasteiger partial charge in [0.05, 0.1) is 6.04 Å². The van der Waals surface area contributed by atoms with Crippen LogP contribution in [0.4, 0.5) is 10.1 Å². The second-order valence-electron chi connectivity index (χ2n) is 7.91. The van der Waals surface area contributed by atoms with Crippen LogP contribution < -0.4 is 10.2 Å². The van der Waals surface area contributed by atoms with Crippen molar-refractivity contribution in [3.05, 3.63) is 52.5 Å². The van der Waals surface area contributed by atoms with Crippen molar-refractivity contribution in [2.24, 2.45) is 5.92 Å². The molecule has 0 bridgehead atoms. The van der Waals surface area contributed by atoms with Crippen molar-refractivity contribution in [1.82, 2.24) is 10.2 Å². The number of piperazine rings is 1. The SMILES string of the molecule is CC(C)CC(=O)N[C@@H](C)[C@H](c1cccs1)N1CCN(c2ccc(F)cc2)CC1. The fraction of sp³-hybridized carbons (Fsp3) is 0.500. The first kappa shape index (κ1) is 20.8. The summed E-state index contributed by atoms with van der Waals surface area (Å²) in [6.45, 7) is 9.83. The van der Waals surface area contributed by atoms with Gasteiger partial charge in [-0.15, -0.1) is 11.3 Å². The molecule has 28 heavy (non-hydrogen) atoms. The van der Waals surface area contributed by atoms with Gasteiger partial charge in [0.2, 0.25) is 5.91 Å². The minimum Gasteiger partial charge on any atom is -0.369 e. The molecule has 3 rings (SSSR count). The van der Waals surface area contributed by atoms with Gasteiger partial charge in [0, 0.05) is 49.2 Å². The maximum Gasteiger partial charge on any atom is 0.220 e. The van der Waals surface area contributed by atoms with E-state index < -0.39 is 0 Å². The second-order valence-corrected chi connectivity index (χ2v) is 8.89. The van der Waals surface area contributed by atoms with E-state index in [4.69, 9.17) is 0 Å². The molecule has 1 saturated heterocycles. The van der Waals surface area contributed by atoms with Gasteiger partial charge in [0.25, 0.3) is 0 Å². The average Bonchev–Trinajstić information content (AvgIpc) is 3.16. The summed E-state index contributed by atoms with van der Waals surface area (Å²) in [5.74, 6) is 0.270. The molecule has 0 spiro atoms. The van der Waals surface area contributed by atoms with E-state index in [9.17, 15) is 9.18 Å². The van der Waals surface area contributed by atoms with Gasteiger partial charge in [-0.1, -0.05) is 19.9 Å². The molecule has 4 nitrogen and oxygen atoms in total. The highest BCUT2D eigenvalue weighted by Gasteiger charge is 2.31. The number of rotatable bonds is 7. The highest BCUT2D eigenvalue weighted by atomic mass is 32.1. The molecule has 1 fully saturated rings. The van der Waals surface area contributed by atoms with Crippen LogP contribution in [-0.4, -0.2) is 43.0 Å². The van der Waals surface area contributed by atoms with Crippen molar-refractivity contribution in [1.29, 1.82) is 0 Å². The van der Waals surface area contributed by atoms with Gasteiger partial charge in [0.15, 0.2) is 0 Å². The molecule has 1 aromatic carbocycles. The van der Waals surface area contributed by atoms with Crippen LogP contribution in [0.1, 0.15) is 38.1 Å². The second kappa shape index (κ2) is 9.52. The molecule has 6 heteroatoms. The molecule has 2 aromatic rings. The summed E-state index contributed by atoms with van der Waals surface area (Å²) in [6, 6.07) is 11.2. The highest BCUT2D eigenvalue weighted by Crippen LogP contribution is 2.30. The van der Waals surface area contributed by atoms with Crippen LogP contribution in [0, 0.1) is 11.7 Å². The zero-order valence-corrected chi connectivity index (χ0v) is 17.7. The number of nitrogens with one attached hydrogen (secondary N) is 1. The predicted octanol–water partition coefficient (Wildman–Crippen LogP) is 4.30. The Labute approximate surface area is 171 Å². The zero-order valence-electron chi connectivity index (χ0n) is 16.9. The Bertz CT molecular complexity index is 740. The van der Waals surface area contributed by atoms with Gasteiger partial charge in [0.1, 0.15) is 5.82 Å². The van der Waals surface area contributed by atoms with Crippen LogP contribution in [0.3, 0.4) is 0 Å². The first-order chi connectivity index (χ1) is 13.4. The standard InChI is InChI=1S/C22H30FN3OS/c1-16(2)15-21(27)24-17(3)22(20-5-4-14-28-20)26-12-10-25(11-13-26)19-8-6-18(23)7-9-19/h4-9,14,16-17,22H,10-13,15H2,1-3H3,(H,24,27)/t17-,22+/m0/s1. The van der Waals surface area contributed by atoms with E-state index in [2.05, 4.69) is 53.4 Å². The smallest absolute Gasteiger partial charge is 0.220 e. The summed E-state index contributed by atoms with van der Waals surface area (Å²) in [5.41, 5.74) is 1.06. The minimum absolute atomic E-state index is 0.0438. The molecule has 1 amide bonds. The Morgan fingerprint density at radius 1 is 1.11 bits per heavy atom. The quantitative estimate of drug-likeness (QED) is 0.749. The third kappa shape index (κ3) is 5.32. The van der Waals surface area contributed by atoms with Crippen LogP contribution in [0.2, 0.25) is 0 Å². The lowest BCUT2D eigenvalue weighted by Crippen LogP contribution is -2.52. The van der Waals surface area contributed by atoms with Crippen molar-refractivity contribution in [3.63, 3.8) is 0 Å². The van der Waals surface area contributed by atoms with Gasteiger partial charge in [-0.3, -0.25) is 9.69 Å². The molecule has 1 aromatic heterocycles. The van der Waals surface area contributed by atoms with E-state index in [0.717, 1.165) is 31.9 Å². The Kier molecular flexibility index (Phi) is 7.08. The van der Waals surface area contributed by atoms with E-state index in [1.54, 1.807) is 11.3 Å².